The average molecular weight is 501 g/mol. The summed E-state index contributed by atoms with van der Waals surface area (Å²) in [5.41, 5.74) is -0.350. The van der Waals surface area contributed by atoms with Gasteiger partial charge in [0, 0.05) is 36.5 Å². The second-order valence-electron chi connectivity index (χ2n) is 10.5. The molecule has 0 aromatic rings. The first kappa shape index (κ1) is 24.9. The maximum Gasteiger partial charge on any atom is 0.331 e. The van der Waals surface area contributed by atoms with Gasteiger partial charge in [-0.1, -0.05) is 30.7 Å². The lowest BCUT2D eigenvalue weighted by molar-refractivity contribution is -0.232. The van der Waals surface area contributed by atoms with Crippen LogP contribution in [0.15, 0.2) is 47.6 Å². The van der Waals surface area contributed by atoms with Gasteiger partial charge in [-0.25, -0.2) is 14.4 Å². The summed E-state index contributed by atoms with van der Waals surface area (Å²) in [5.74, 6) is -1.74. The summed E-state index contributed by atoms with van der Waals surface area (Å²) < 4.78 is 29.6. The molecule has 5 aliphatic rings. The van der Waals surface area contributed by atoms with E-state index in [0.717, 1.165) is 6.42 Å². The molecule has 0 amide bonds. The van der Waals surface area contributed by atoms with Crippen molar-refractivity contribution in [2.75, 3.05) is 26.4 Å². The van der Waals surface area contributed by atoms with Crippen LogP contribution in [0.25, 0.3) is 0 Å². The molecule has 1 N–H and O–H groups in total. The number of esters is 3. The third-order valence-electron chi connectivity index (χ3n) is 8.72. The fourth-order valence-electron chi connectivity index (χ4n) is 6.52. The lowest BCUT2D eigenvalue weighted by atomic mass is 9.51. The van der Waals surface area contributed by atoms with Gasteiger partial charge < -0.3 is 28.8 Å². The molecule has 0 radical (unpaired) electrons. The average Bonchev–Trinajstić information content (AvgIpc) is 3.62. The van der Waals surface area contributed by atoms with Gasteiger partial charge in [0.1, 0.15) is 18.3 Å². The van der Waals surface area contributed by atoms with E-state index in [-0.39, 0.29) is 38.4 Å². The first-order valence-corrected chi connectivity index (χ1v) is 12.4. The van der Waals surface area contributed by atoms with E-state index in [1.54, 1.807) is 0 Å². The van der Waals surface area contributed by atoms with Crippen LogP contribution in [-0.4, -0.2) is 73.4 Å². The van der Waals surface area contributed by atoms with Gasteiger partial charge in [-0.15, -0.1) is 0 Å². The lowest BCUT2D eigenvalue weighted by Crippen LogP contribution is -2.66. The Morgan fingerprint density at radius 2 is 1.75 bits per heavy atom. The number of cyclic esters (lactones) is 2. The summed E-state index contributed by atoms with van der Waals surface area (Å²) in [7, 11) is 0. The number of epoxide rings is 1. The van der Waals surface area contributed by atoms with Gasteiger partial charge in [-0.2, -0.15) is 0 Å². The van der Waals surface area contributed by atoms with Crippen molar-refractivity contribution in [3.8, 4) is 0 Å². The van der Waals surface area contributed by atoms with Crippen LogP contribution in [-0.2, 0) is 38.1 Å². The molecule has 0 aromatic carbocycles. The van der Waals surface area contributed by atoms with Gasteiger partial charge >= 0.3 is 17.9 Å². The van der Waals surface area contributed by atoms with Crippen LogP contribution in [0.1, 0.15) is 39.5 Å². The molecular formula is C27H32O9. The highest BCUT2D eigenvalue weighted by atomic mass is 16.6. The number of ether oxygens (including phenoxy) is 5. The fourth-order valence-corrected chi connectivity index (χ4v) is 6.52. The van der Waals surface area contributed by atoms with Crippen molar-refractivity contribution in [2.45, 2.75) is 63.4 Å². The van der Waals surface area contributed by atoms with Gasteiger partial charge in [0.2, 0.25) is 0 Å². The molecule has 9 nitrogen and oxygen atoms in total. The molecule has 2 aliphatic carbocycles. The topological polar surface area (TPSA) is 121 Å². The SMILES string of the molecule is CC1=C[C@H]2O[C@@H]3C[C@H]4OC(=O)/C=C\C=C/C(=O)OCC/C(CO)=C\C(=O)OC[C@@]2(CC1)[C@]4(C)[C@@]31CO1. The molecule has 0 aromatic heterocycles. The van der Waals surface area contributed by atoms with Crippen molar-refractivity contribution in [2.24, 2.45) is 10.8 Å². The van der Waals surface area contributed by atoms with Gasteiger partial charge in [0.15, 0.2) is 0 Å². The zero-order valence-corrected chi connectivity index (χ0v) is 20.6. The summed E-state index contributed by atoms with van der Waals surface area (Å²) in [6.45, 7) is 4.29. The smallest absolute Gasteiger partial charge is 0.331 e. The van der Waals surface area contributed by atoms with Crippen LogP contribution < -0.4 is 0 Å². The predicted octanol–water partition coefficient (Wildman–Crippen LogP) is 2.09. The van der Waals surface area contributed by atoms with E-state index in [4.69, 9.17) is 23.7 Å². The van der Waals surface area contributed by atoms with Crippen molar-refractivity contribution in [3.05, 3.63) is 47.6 Å². The summed E-state index contributed by atoms with van der Waals surface area (Å²) in [6.07, 6.45) is 9.68. The molecule has 2 spiro atoms. The van der Waals surface area contributed by atoms with Crippen molar-refractivity contribution in [1.29, 1.82) is 0 Å². The molecule has 3 aliphatic heterocycles. The monoisotopic (exact) mass is 500 g/mol. The second-order valence-corrected chi connectivity index (χ2v) is 10.5. The highest BCUT2D eigenvalue weighted by Crippen LogP contribution is 2.72. The van der Waals surface area contributed by atoms with Crippen molar-refractivity contribution < 1.29 is 43.2 Å². The van der Waals surface area contributed by atoms with E-state index >= 15 is 0 Å². The van der Waals surface area contributed by atoms with Gasteiger partial charge in [-0.05, 0) is 25.3 Å². The number of carbonyl (C=O) groups excluding carboxylic acids is 3. The molecule has 6 atom stereocenters. The number of aliphatic hydroxyl groups is 1. The number of rotatable bonds is 1. The molecule has 2 saturated heterocycles. The minimum atomic E-state index is -0.672. The molecule has 36 heavy (non-hydrogen) atoms. The Bertz CT molecular complexity index is 1070. The Hall–Kier alpha value is -2.75. The highest BCUT2D eigenvalue weighted by molar-refractivity contribution is 5.85. The Balaban J connectivity index is 1.53. The molecule has 3 heterocycles. The van der Waals surface area contributed by atoms with Crippen LogP contribution in [0, 0.1) is 10.8 Å². The van der Waals surface area contributed by atoms with Crippen LogP contribution in [0.3, 0.4) is 0 Å². The number of carbonyl (C=O) groups is 3. The standard InChI is InChI=1S/C27H32O9/c1-17-7-9-26-15-33-24(31)12-18(14-28)8-10-32-22(29)5-3-4-6-23(30)36-19-13-21(35-20(26)11-17)27(16-34-27)25(19,26)2/h3-6,11-12,19-21,28H,7-10,13-16H2,1-2H3/b5-3-,6-4-,18-12+/t19-,20-,21-,25-,26-,27-/m1/s1. The molecule has 3 fully saturated rings. The van der Waals surface area contributed by atoms with E-state index in [1.807, 2.05) is 0 Å². The lowest BCUT2D eigenvalue weighted by Gasteiger charge is -2.58. The Labute approximate surface area is 209 Å². The maximum absolute atomic E-state index is 12.8. The molecular weight excluding hydrogens is 468 g/mol. The fraction of sp³-hybridized carbons (Fsp3) is 0.593. The summed E-state index contributed by atoms with van der Waals surface area (Å²) >= 11 is 0. The van der Waals surface area contributed by atoms with E-state index in [2.05, 4.69) is 19.9 Å². The summed E-state index contributed by atoms with van der Waals surface area (Å²) in [5, 5.41) is 9.68. The van der Waals surface area contributed by atoms with Crippen LogP contribution >= 0.6 is 0 Å². The molecule has 194 valence electrons. The van der Waals surface area contributed by atoms with Crippen molar-refractivity contribution in [3.63, 3.8) is 0 Å². The first-order valence-electron chi connectivity index (χ1n) is 12.4. The van der Waals surface area contributed by atoms with E-state index in [9.17, 15) is 19.5 Å². The second kappa shape index (κ2) is 9.28. The zero-order chi connectivity index (χ0) is 25.6. The quantitative estimate of drug-likeness (QED) is 0.250. The predicted molar refractivity (Wildman–Crippen MR) is 125 cm³/mol. The summed E-state index contributed by atoms with van der Waals surface area (Å²) in [4.78, 5) is 37.5. The number of aliphatic hydroxyl groups excluding tert-OH is 1. The zero-order valence-electron chi connectivity index (χ0n) is 20.6. The number of hydrogen-bond donors (Lipinski definition) is 1. The third kappa shape index (κ3) is 3.93. The summed E-state index contributed by atoms with van der Waals surface area (Å²) in [6, 6.07) is 0. The van der Waals surface area contributed by atoms with Crippen molar-refractivity contribution in [1.82, 2.24) is 0 Å². The first-order chi connectivity index (χ1) is 17.2. The van der Waals surface area contributed by atoms with E-state index in [0.29, 0.717) is 25.0 Å². The molecule has 2 bridgehead atoms. The largest absolute Gasteiger partial charge is 0.462 e. The van der Waals surface area contributed by atoms with Crippen LogP contribution in [0.5, 0.6) is 0 Å². The maximum atomic E-state index is 12.8. The Kier molecular flexibility index (Phi) is 6.43. The van der Waals surface area contributed by atoms with E-state index < -0.39 is 40.4 Å². The minimum Gasteiger partial charge on any atom is -0.462 e. The van der Waals surface area contributed by atoms with Gasteiger partial charge in [0.05, 0.1) is 37.4 Å². The van der Waals surface area contributed by atoms with Crippen LogP contribution in [0.4, 0.5) is 0 Å². The molecule has 9 heteroatoms. The van der Waals surface area contributed by atoms with E-state index in [1.165, 1.54) is 36.0 Å². The van der Waals surface area contributed by atoms with Gasteiger partial charge in [0.25, 0.3) is 0 Å². The Morgan fingerprint density at radius 3 is 2.47 bits per heavy atom. The molecule has 1 saturated carbocycles. The molecule has 0 unspecified atom stereocenters. The van der Waals surface area contributed by atoms with Crippen molar-refractivity contribution >= 4 is 17.9 Å². The van der Waals surface area contributed by atoms with Crippen LogP contribution in [0.2, 0.25) is 0 Å². The van der Waals surface area contributed by atoms with Gasteiger partial charge in [-0.3, -0.25) is 0 Å². The Morgan fingerprint density at radius 1 is 1.00 bits per heavy atom. The minimum absolute atomic E-state index is 0.0144. The number of allylic oxidation sites excluding steroid dienone is 3. The normalized spacial score (nSPS) is 44.0. The molecule has 5 rings (SSSR count). The third-order valence-corrected chi connectivity index (χ3v) is 8.72. The number of hydrogen-bond acceptors (Lipinski definition) is 9. The highest BCUT2D eigenvalue weighted by Gasteiger charge is 2.83.